The molecular formula is C12H16BrN5. The monoisotopic (exact) mass is 309 g/mol. The first-order valence-electron chi connectivity index (χ1n) is 6.11. The predicted molar refractivity (Wildman–Crippen MR) is 73.4 cm³/mol. The summed E-state index contributed by atoms with van der Waals surface area (Å²) in [5, 5.41) is 4.68. The molecule has 2 aromatic heterocycles. The number of fused-ring (bicyclic) bond motifs is 1. The minimum atomic E-state index is 0.422. The van der Waals surface area contributed by atoms with Gasteiger partial charge in [0.2, 0.25) is 0 Å². The fourth-order valence-electron chi connectivity index (χ4n) is 2.49. The van der Waals surface area contributed by atoms with Gasteiger partial charge in [0.1, 0.15) is 4.60 Å². The lowest BCUT2D eigenvalue weighted by molar-refractivity contribution is 0.410. The van der Waals surface area contributed by atoms with E-state index in [0.29, 0.717) is 12.5 Å². The van der Waals surface area contributed by atoms with Gasteiger partial charge in [0.25, 0.3) is 0 Å². The number of imidazole rings is 1. The highest BCUT2D eigenvalue weighted by atomic mass is 79.9. The van der Waals surface area contributed by atoms with Gasteiger partial charge in [0.05, 0.1) is 11.4 Å². The number of rotatable bonds is 2. The first-order chi connectivity index (χ1) is 8.69. The molecule has 1 aliphatic rings. The average molecular weight is 310 g/mol. The molecule has 0 saturated carbocycles. The molecule has 0 aliphatic carbocycles. The summed E-state index contributed by atoms with van der Waals surface area (Å²) in [5.41, 5.74) is 8.48. The molecule has 6 heteroatoms. The van der Waals surface area contributed by atoms with Gasteiger partial charge in [-0.3, -0.25) is 0 Å². The Morgan fingerprint density at radius 2 is 2.33 bits per heavy atom. The largest absolute Gasteiger partial charge is 0.325 e. The Kier molecular flexibility index (Phi) is 3.09. The molecule has 1 atom stereocenters. The molecule has 0 amide bonds. The average Bonchev–Trinajstić information content (AvgIpc) is 2.94. The molecule has 1 saturated heterocycles. The van der Waals surface area contributed by atoms with Crippen LogP contribution in [0.4, 0.5) is 0 Å². The fraction of sp³-hybridized carbons (Fsp3) is 0.500. The van der Waals surface area contributed by atoms with Gasteiger partial charge in [0.15, 0.2) is 5.65 Å². The van der Waals surface area contributed by atoms with E-state index in [9.17, 15) is 0 Å². The molecular weight excluding hydrogens is 294 g/mol. The fourth-order valence-corrected chi connectivity index (χ4v) is 3.00. The number of halogens is 1. The van der Waals surface area contributed by atoms with Crippen LogP contribution in [0.3, 0.4) is 0 Å². The summed E-state index contributed by atoms with van der Waals surface area (Å²) in [7, 11) is 2.15. The Bertz CT molecular complexity index is 579. The number of nitrogens with two attached hydrogens (primary N) is 1. The zero-order chi connectivity index (χ0) is 12.7. The topological polar surface area (TPSA) is 59.5 Å². The van der Waals surface area contributed by atoms with Crippen LogP contribution in [0, 0.1) is 0 Å². The quantitative estimate of drug-likeness (QED) is 0.910. The van der Waals surface area contributed by atoms with Crippen molar-refractivity contribution in [1.29, 1.82) is 0 Å². The number of likely N-dealkylation sites (N-methyl/N-ethyl adjacent to an activating group) is 1. The molecule has 2 N–H and O–H groups in total. The van der Waals surface area contributed by atoms with Gasteiger partial charge >= 0.3 is 0 Å². The second-order valence-corrected chi connectivity index (χ2v) is 5.58. The maximum Gasteiger partial charge on any atom is 0.155 e. The summed E-state index contributed by atoms with van der Waals surface area (Å²) >= 11 is 3.51. The molecule has 3 rings (SSSR count). The molecule has 1 aliphatic heterocycles. The molecule has 5 nitrogen and oxygen atoms in total. The van der Waals surface area contributed by atoms with Crippen LogP contribution in [0.25, 0.3) is 5.65 Å². The van der Waals surface area contributed by atoms with Crippen molar-refractivity contribution in [2.24, 2.45) is 5.73 Å². The van der Waals surface area contributed by atoms with Crippen molar-refractivity contribution in [3.05, 3.63) is 28.1 Å². The van der Waals surface area contributed by atoms with E-state index in [0.717, 1.165) is 34.7 Å². The van der Waals surface area contributed by atoms with Crippen molar-refractivity contribution in [3.8, 4) is 0 Å². The van der Waals surface area contributed by atoms with Gasteiger partial charge in [-0.1, -0.05) is 0 Å². The van der Waals surface area contributed by atoms with Crippen LogP contribution in [-0.2, 0) is 6.54 Å². The van der Waals surface area contributed by atoms with Gasteiger partial charge in [-0.15, -0.1) is 0 Å². The lowest BCUT2D eigenvalue weighted by atomic mass is 10.1. The Labute approximate surface area is 114 Å². The number of hydrogen-bond acceptors (Lipinski definition) is 4. The third-order valence-corrected chi connectivity index (χ3v) is 4.31. The molecule has 1 unspecified atom stereocenters. The lowest BCUT2D eigenvalue weighted by Crippen LogP contribution is -2.14. The second kappa shape index (κ2) is 4.60. The van der Waals surface area contributed by atoms with E-state index in [4.69, 9.17) is 5.73 Å². The number of likely N-dealkylation sites (tertiary alicyclic amines) is 1. The predicted octanol–water partition coefficient (Wildman–Crippen LogP) is 1.37. The van der Waals surface area contributed by atoms with Crippen molar-refractivity contribution < 1.29 is 0 Å². The first kappa shape index (κ1) is 12.1. The Hall–Kier alpha value is -0.980. The van der Waals surface area contributed by atoms with Gasteiger partial charge in [-0.05, 0) is 48.1 Å². The molecule has 1 fully saturated rings. The van der Waals surface area contributed by atoms with E-state index in [1.165, 1.54) is 6.42 Å². The van der Waals surface area contributed by atoms with Gasteiger partial charge in [-0.25, -0.2) is 9.50 Å². The van der Waals surface area contributed by atoms with Gasteiger partial charge in [-0.2, -0.15) is 5.10 Å². The highest BCUT2D eigenvalue weighted by molar-refractivity contribution is 9.10. The highest BCUT2D eigenvalue weighted by Gasteiger charge is 2.23. The molecule has 18 heavy (non-hydrogen) atoms. The first-order valence-corrected chi connectivity index (χ1v) is 6.91. The standard InChI is InChI=1S/C12H16BrN5/c1-17-5-4-8(7-17)9-2-3-11-15-10(6-14)12(13)18(11)16-9/h2-3,8H,4-7,14H2,1H3. The zero-order valence-electron chi connectivity index (χ0n) is 10.3. The minimum absolute atomic E-state index is 0.422. The summed E-state index contributed by atoms with van der Waals surface area (Å²) in [6.07, 6.45) is 1.17. The van der Waals surface area contributed by atoms with Crippen molar-refractivity contribution >= 4 is 21.6 Å². The Balaban J connectivity index is 2.02. The van der Waals surface area contributed by atoms with Gasteiger partial charge in [0, 0.05) is 19.0 Å². The number of aromatic nitrogens is 3. The maximum atomic E-state index is 5.65. The summed E-state index contributed by atoms with van der Waals surface area (Å²) in [4.78, 5) is 6.77. The van der Waals surface area contributed by atoms with Crippen LogP contribution in [0.1, 0.15) is 23.7 Å². The van der Waals surface area contributed by atoms with Crippen molar-refractivity contribution in [3.63, 3.8) is 0 Å². The number of nitrogens with zero attached hydrogens (tertiary/aromatic N) is 4. The minimum Gasteiger partial charge on any atom is -0.325 e. The SMILES string of the molecule is CN1CCC(c2ccc3nc(CN)c(Br)n3n2)C1. The van der Waals surface area contributed by atoms with Crippen molar-refractivity contribution in [2.75, 3.05) is 20.1 Å². The van der Waals surface area contributed by atoms with Gasteiger partial charge < -0.3 is 10.6 Å². The lowest BCUT2D eigenvalue weighted by Gasteiger charge is -2.09. The third-order valence-electron chi connectivity index (χ3n) is 3.51. The van der Waals surface area contributed by atoms with Crippen LogP contribution in [0.15, 0.2) is 16.7 Å². The van der Waals surface area contributed by atoms with E-state index >= 15 is 0 Å². The molecule has 0 bridgehead atoms. The van der Waals surface area contributed by atoms with Crippen molar-refractivity contribution in [2.45, 2.75) is 18.9 Å². The Morgan fingerprint density at radius 3 is 3.00 bits per heavy atom. The van der Waals surface area contributed by atoms with Crippen molar-refractivity contribution in [1.82, 2.24) is 19.5 Å². The van der Waals surface area contributed by atoms with Crippen LogP contribution >= 0.6 is 15.9 Å². The normalized spacial score (nSPS) is 20.9. The molecule has 0 radical (unpaired) electrons. The van der Waals surface area contributed by atoms with E-state index in [1.807, 2.05) is 10.6 Å². The Morgan fingerprint density at radius 1 is 1.50 bits per heavy atom. The summed E-state index contributed by atoms with van der Waals surface area (Å²) in [5.74, 6) is 0.523. The number of hydrogen-bond donors (Lipinski definition) is 1. The molecule has 0 spiro atoms. The van der Waals surface area contributed by atoms with E-state index < -0.39 is 0 Å². The van der Waals surface area contributed by atoms with E-state index in [2.05, 4.69) is 44.0 Å². The van der Waals surface area contributed by atoms with E-state index in [1.54, 1.807) is 0 Å². The van der Waals surface area contributed by atoms with Crippen LogP contribution in [0.2, 0.25) is 0 Å². The second-order valence-electron chi connectivity index (χ2n) is 4.83. The van der Waals surface area contributed by atoms with E-state index in [-0.39, 0.29) is 0 Å². The summed E-state index contributed by atoms with van der Waals surface area (Å²) in [6.45, 7) is 2.64. The summed E-state index contributed by atoms with van der Waals surface area (Å²) < 4.78 is 2.71. The molecule has 2 aromatic rings. The smallest absolute Gasteiger partial charge is 0.155 e. The molecule has 0 aromatic carbocycles. The molecule has 3 heterocycles. The summed E-state index contributed by atoms with van der Waals surface area (Å²) in [6, 6.07) is 4.10. The third kappa shape index (κ3) is 1.94. The highest BCUT2D eigenvalue weighted by Crippen LogP contribution is 2.26. The zero-order valence-corrected chi connectivity index (χ0v) is 11.9. The maximum absolute atomic E-state index is 5.65. The molecule has 96 valence electrons. The van der Waals surface area contributed by atoms with Crippen LogP contribution < -0.4 is 5.73 Å². The van der Waals surface area contributed by atoms with Crippen LogP contribution in [-0.4, -0.2) is 39.6 Å². The van der Waals surface area contributed by atoms with Crippen LogP contribution in [0.5, 0.6) is 0 Å².